The quantitative estimate of drug-likeness (QED) is 0.378. The number of nitrogens with zero attached hydrogens (tertiary/aromatic N) is 1. The summed E-state index contributed by atoms with van der Waals surface area (Å²) in [6.07, 6.45) is 17.4. The van der Waals surface area contributed by atoms with Crippen molar-refractivity contribution in [3.8, 4) is 0 Å². The highest BCUT2D eigenvalue weighted by atomic mass is 15.2. The van der Waals surface area contributed by atoms with E-state index in [0.717, 1.165) is 47.6 Å². The van der Waals surface area contributed by atoms with E-state index in [4.69, 9.17) is 0 Å². The van der Waals surface area contributed by atoms with Gasteiger partial charge in [-0.15, -0.1) is 0 Å². The van der Waals surface area contributed by atoms with Gasteiger partial charge in [-0.25, -0.2) is 0 Å². The van der Waals surface area contributed by atoms with Crippen LogP contribution in [-0.2, 0) is 6.42 Å². The average molecular weight is 478 g/mol. The molecule has 0 spiro atoms. The summed E-state index contributed by atoms with van der Waals surface area (Å²) in [7, 11) is 2.48. The summed E-state index contributed by atoms with van der Waals surface area (Å²) < 4.78 is 0. The molecule has 1 aromatic rings. The Morgan fingerprint density at radius 3 is 2.29 bits per heavy atom. The Morgan fingerprint density at radius 2 is 1.54 bits per heavy atom. The van der Waals surface area contributed by atoms with E-state index in [1.165, 1.54) is 82.6 Å². The lowest BCUT2D eigenvalue weighted by molar-refractivity contribution is -0.136. The molecule has 4 fully saturated rings. The van der Waals surface area contributed by atoms with E-state index in [2.05, 4.69) is 76.9 Å². The molecule has 1 saturated heterocycles. The lowest BCUT2D eigenvalue weighted by Gasteiger charge is -2.63. The van der Waals surface area contributed by atoms with Crippen LogP contribution in [-0.4, -0.2) is 24.0 Å². The number of hydrogen-bond acceptors (Lipinski definition) is 1. The maximum Gasteiger partial charge on any atom is 0.0152 e. The SMILES string of the molecule is CC(C)CCC[C@@H](C)[C@H]1CC[C@H]2[C@@H]3CC[C@H]4N(C)[C@@H](Cc5ccccc5)CC[C@]4(C)[C@H]3CC[C@]12C. The molecule has 4 aliphatic rings. The van der Waals surface area contributed by atoms with Crippen molar-refractivity contribution in [3.63, 3.8) is 0 Å². The van der Waals surface area contributed by atoms with Crippen LogP contribution < -0.4 is 0 Å². The number of benzene rings is 1. The molecule has 0 bridgehead atoms. The largest absolute Gasteiger partial charge is 0.300 e. The topological polar surface area (TPSA) is 3.24 Å². The molecule has 35 heavy (non-hydrogen) atoms. The summed E-state index contributed by atoms with van der Waals surface area (Å²) in [5.41, 5.74) is 2.68. The minimum absolute atomic E-state index is 0.535. The molecule has 0 radical (unpaired) electrons. The van der Waals surface area contributed by atoms with Crippen molar-refractivity contribution in [3.05, 3.63) is 35.9 Å². The Balaban J connectivity index is 1.27. The average Bonchev–Trinajstić information content (AvgIpc) is 3.19. The van der Waals surface area contributed by atoms with Gasteiger partial charge < -0.3 is 0 Å². The van der Waals surface area contributed by atoms with Gasteiger partial charge in [0.2, 0.25) is 0 Å². The van der Waals surface area contributed by atoms with Gasteiger partial charge in [0, 0.05) is 12.1 Å². The van der Waals surface area contributed by atoms with Gasteiger partial charge in [-0.2, -0.15) is 0 Å². The van der Waals surface area contributed by atoms with Gasteiger partial charge in [0.25, 0.3) is 0 Å². The summed E-state index contributed by atoms with van der Waals surface area (Å²) in [5, 5.41) is 0. The molecule has 196 valence electrons. The number of rotatable bonds is 7. The Kier molecular flexibility index (Phi) is 7.49. The van der Waals surface area contributed by atoms with Gasteiger partial charge in [-0.05, 0) is 117 Å². The molecule has 5 rings (SSSR count). The number of fused-ring (bicyclic) bond motifs is 5. The van der Waals surface area contributed by atoms with Crippen molar-refractivity contribution < 1.29 is 0 Å². The third-order valence-electron chi connectivity index (χ3n) is 12.4. The number of likely N-dealkylation sites (N-methyl/N-ethyl adjacent to an activating group) is 1. The van der Waals surface area contributed by atoms with Gasteiger partial charge >= 0.3 is 0 Å². The van der Waals surface area contributed by atoms with E-state index >= 15 is 0 Å². The molecule has 1 nitrogen and oxygen atoms in total. The van der Waals surface area contributed by atoms with Gasteiger partial charge in [-0.3, -0.25) is 4.90 Å². The smallest absolute Gasteiger partial charge is 0.0152 e. The molecule has 0 aromatic heterocycles. The molecule has 0 unspecified atom stereocenters. The molecular weight excluding hydrogens is 422 g/mol. The van der Waals surface area contributed by atoms with E-state index in [1.807, 2.05) is 0 Å². The van der Waals surface area contributed by atoms with Crippen LogP contribution in [0.2, 0.25) is 0 Å². The maximum absolute atomic E-state index is 2.86. The van der Waals surface area contributed by atoms with Crippen LogP contribution in [0.25, 0.3) is 0 Å². The van der Waals surface area contributed by atoms with Crippen molar-refractivity contribution in [2.24, 2.45) is 46.3 Å². The van der Waals surface area contributed by atoms with E-state index in [1.54, 1.807) is 0 Å². The van der Waals surface area contributed by atoms with Crippen molar-refractivity contribution in [2.45, 2.75) is 124 Å². The fraction of sp³-hybridized carbons (Fsp3) is 0.824. The fourth-order valence-electron chi connectivity index (χ4n) is 10.5. The normalized spacial score (nSPS) is 42.4. The van der Waals surface area contributed by atoms with Crippen molar-refractivity contribution in [1.29, 1.82) is 0 Å². The zero-order valence-electron chi connectivity index (χ0n) is 23.9. The molecule has 1 aliphatic heterocycles. The summed E-state index contributed by atoms with van der Waals surface area (Å²) in [4.78, 5) is 2.86. The lowest BCUT2D eigenvalue weighted by Crippen LogP contribution is -2.62. The lowest BCUT2D eigenvalue weighted by atomic mass is 9.46. The van der Waals surface area contributed by atoms with Crippen molar-refractivity contribution in [1.82, 2.24) is 4.90 Å². The zero-order chi connectivity index (χ0) is 24.8. The summed E-state index contributed by atoms with van der Waals surface area (Å²) >= 11 is 0. The molecule has 3 saturated carbocycles. The van der Waals surface area contributed by atoms with E-state index in [-0.39, 0.29) is 0 Å². The minimum atomic E-state index is 0.535. The molecular formula is C34H55N. The standard InChI is InChI=1S/C34H55N/c1-24(2)11-10-12-25(3)29-16-17-30-28-15-18-32-34(5,31(28)20-22-33(29,30)4)21-19-27(35(32)6)23-26-13-8-7-9-14-26/h7-9,13-14,24-25,27-32H,10-12,15-23H2,1-6H3/t25-,27-,28+,29-,30+,31+,32-,33-,34-/m1/s1. The summed E-state index contributed by atoms with van der Waals surface area (Å²) in [5.74, 6) is 5.74. The molecule has 9 atom stereocenters. The Hall–Kier alpha value is -0.820. The molecule has 1 aromatic carbocycles. The Labute approximate surface area is 217 Å². The predicted molar refractivity (Wildman–Crippen MR) is 150 cm³/mol. The van der Waals surface area contributed by atoms with Gasteiger partial charge in [0.15, 0.2) is 0 Å². The number of likely N-dealkylation sites (tertiary alicyclic amines) is 1. The van der Waals surface area contributed by atoms with E-state index < -0.39 is 0 Å². The van der Waals surface area contributed by atoms with Gasteiger partial charge in [0.1, 0.15) is 0 Å². The van der Waals surface area contributed by atoms with Crippen LogP contribution in [0, 0.1) is 46.3 Å². The van der Waals surface area contributed by atoms with Crippen molar-refractivity contribution >= 4 is 0 Å². The highest BCUT2D eigenvalue weighted by Crippen LogP contribution is 2.67. The third-order valence-corrected chi connectivity index (χ3v) is 12.4. The Morgan fingerprint density at radius 1 is 0.829 bits per heavy atom. The van der Waals surface area contributed by atoms with Crippen LogP contribution in [0.3, 0.4) is 0 Å². The second-order valence-corrected chi connectivity index (χ2v) is 14.6. The summed E-state index contributed by atoms with van der Waals surface area (Å²) in [6, 6.07) is 12.8. The van der Waals surface area contributed by atoms with Crippen LogP contribution in [0.1, 0.15) is 111 Å². The summed E-state index contributed by atoms with van der Waals surface area (Å²) in [6.45, 7) is 12.9. The van der Waals surface area contributed by atoms with Crippen LogP contribution in [0.4, 0.5) is 0 Å². The first kappa shape index (κ1) is 25.8. The van der Waals surface area contributed by atoms with Crippen LogP contribution in [0.15, 0.2) is 30.3 Å². The van der Waals surface area contributed by atoms with E-state index in [9.17, 15) is 0 Å². The van der Waals surface area contributed by atoms with Gasteiger partial charge in [0.05, 0.1) is 0 Å². The first-order valence-corrected chi connectivity index (χ1v) is 15.5. The molecule has 3 aliphatic carbocycles. The predicted octanol–water partition coefficient (Wildman–Crippen LogP) is 9.01. The number of piperidine rings is 1. The molecule has 0 N–H and O–H groups in total. The second kappa shape index (κ2) is 10.2. The maximum atomic E-state index is 2.86. The molecule has 1 heterocycles. The minimum Gasteiger partial charge on any atom is -0.300 e. The van der Waals surface area contributed by atoms with E-state index in [0.29, 0.717) is 10.8 Å². The van der Waals surface area contributed by atoms with Gasteiger partial charge in [-0.1, -0.05) is 84.2 Å². The van der Waals surface area contributed by atoms with Crippen LogP contribution >= 0.6 is 0 Å². The third kappa shape index (κ3) is 4.66. The fourth-order valence-corrected chi connectivity index (χ4v) is 10.5. The highest BCUT2D eigenvalue weighted by molar-refractivity contribution is 5.18. The molecule has 1 heteroatoms. The zero-order valence-corrected chi connectivity index (χ0v) is 23.9. The Bertz CT molecular complexity index is 830. The second-order valence-electron chi connectivity index (χ2n) is 14.6. The first-order valence-electron chi connectivity index (χ1n) is 15.5. The highest BCUT2D eigenvalue weighted by Gasteiger charge is 2.61. The number of hydrogen-bond donors (Lipinski definition) is 0. The monoisotopic (exact) mass is 477 g/mol. The molecule has 0 amide bonds. The first-order chi connectivity index (χ1) is 16.7. The van der Waals surface area contributed by atoms with Crippen LogP contribution in [0.5, 0.6) is 0 Å². The van der Waals surface area contributed by atoms with Crippen molar-refractivity contribution in [2.75, 3.05) is 7.05 Å².